The molecule has 142 valence electrons. The Morgan fingerprint density at radius 3 is 2.66 bits per heavy atom. The van der Waals surface area contributed by atoms with E-state index in [4.69, 9.17) is 9.47 Å². The summed E-state index contributed by atoms with van der Waals surface area (Å²) in [7, 11) is 1.62. The Morgan fingerprint density at radius 2 is 1.83 bits per heavy atom. The van der Waals surface area contributed by atoms with E-state index in [0.29, 0.717) is 17.1 Å². The van der Waals surface area contributed by atoms with Gasteiger partial charge in [0.05, 0.1) is 24.4 Å². The van der Waals surface area contributed by atoms with Gasteiger partial charge in [-0.2, -0.15) is 5.26 Å². The van der Waals surface area contributed by atoms with Gasteiger partial charge in [0.15, 0.2) is 11.5 Å². The SMILES string of the molecule is COc1cccc(/C=C/C2=Nc3ccccc3C2)c1OCc1ccccc1C#N. The van der Waals surface area contributed by atoms with E-state index >= 15 is 0 Å². The van der Waals surface area contributed by atoms with Crippen molar-refractivity contribution in [2.75, 3.05) is 7.11 Å². The average molecular weight is 380 g/mol. The first-order valence-corrected chi connectivity index (χ1v) is 9.40. The van der Waals surface area contributed by atoms with Crippen LogP contribution in [-0.2, 0) is 13.0 Å². The minimum Gasteiger partial charge on any atom is -0.493 e. The van der Waals surface area contributed by atoms with Gasteiger partial charge < -0.3 is 9.47 Å². The molecular weight excluding hydrogens is 360 g/mol. The summed E-state index contributed by atoms with van der Waals surface area (Å²) in [5, 5.41) is 9.30. The highest BCUT2D eigenvalue weighted by Crippen LogP contribution is 2.33. The zero-order chi connectivity index (χ0) is 20.1. The van der Waals surface area contributed by atoms with Crippen molar-refractivity contribution < 1.29 is 9.47 Å². The van der Waals surface area contributed by atoms with E-state index in [0.717, 1.165) is 28.9 Å². The van der Waals surface area contributed by atoms with E-state index in [1.165, 1.54) is 5.56 Å². The molecule has 29 heavy (non-hydrogen) atoms. The van der Waals surface area contributed by atoms with Crippen LogP contribution in [0.5, 0.6) is 11.5 Å². The number of nitriles is 1. The summed E-state index contributed by atoms with van der Waals surface area (Å²) in [5.41, 5.74) is 5.63. The Balaban J connectivity index is 1.58. The van der Waals surface area contributed by atoms with E-state index in [1.807, 2.05) is 66.7 Å². The van der Waals surface area contributed by atoms with Gasteiger partial charge in [-0.25, -0.2) is 0 Å². The first-order chi connectivity index (χ1) is 14.3. The number of fused-ring (bicyclic) bond motifs is 1. The lowest BCUT2D eigenvalue weighted by Gasteiger charge is -2.14. The van der Waals surface area contributed by atoms with Gasteiger partial charge in [-0.15, -0.1) is 0 Å². The highest BCUT2D eigenvalue weighted by Gasteiger charge is 2.13. The van der Waals surface area contributed by atoms with E-state index in [9.17, 15) is 5.26 Å². The van der Waals surface area contributed by atoms with Crippen LogP contribution in [0.3, 0.4) is 0 Å². The zero-order valence-corrected chi connectivity index (χ0v) is 16.1. The fraction of sp³-hybridized carbons (Fsp3) is 0.120. The maximum absolute atomic E-state index is 9.30. The molecule has 1 aliphatic heterocycles. The van der Waals surface area contributed by atoms with Gasteiger partial charge in [-0.1, -0.05) is 48.5 Å². The first kappa shape index (κ1) is 18.5. The van der Waals surface area contributed by atoms with Crippen LogP contribution in [0.4, 0.5) is 5.69 Å². The molecule has 0 fully saturated rings. The molecule has 0 amide bonds. The van der Waals surface area contributed by atoms with Gasteiger partial charge in [-0.05, 0) is 35.9 Å². The molecule has 1 aliphatic rings. The number of benzene rings is 3. The highest BCUT2D eigenvalue weighted by molar-refractivity contribution is 6.04. The van der Waals surface area contributed by atoms with E-state index in [2.05, 4.69) is 17.1 Å². The van der Waals surface area contributed by atoms with Crippen LogP contribution < -0.4 is 9.47 Å². The number of aliphatic imine (C=N–C) groups is 1. The van der Waals surface area contributed by atoms with E-state index in [1.54, 1.807) is 13.2 Å². The van der Waals surface area contributed by atoms with Crippen molar-refractivity contribution in [1.82, 2.24) is 0 Å². The number of para-hydroxylation sites is 2. The van der Waals surface area contributed by atoms with Crippen molar-refractivity contribution in [3.05, 3.63) is 95.1 Å². The van der Waals surface area contributed by atoms with E-state index < -0.39 is 0 Å². The van der Waals surface area contributed by atoms with Crippen LogP contribution in [0, 0.1) is 11.3 Å². The Hall–Kier alpha value is -3.84. The fourth-order valence-electron chi connectivity index (χ4n) is 3.33. The third-order valence-corrected chi connectivity index (χ3v) is 4.82. The second kappa shape index (κ2) is 8.45. The minimum absolute atomic E-state index is 0.289. The van der Waals surface area contributed by atoms with Crippen LogP contribution >= 0.6 is 0 Å². The maximum atomic E-state index is 9.30. The van der Waals surface area contributed by atoms with Crippen molar-refractivity contribution in [2.24, 2.45) is 4.99 Å². The molecule has 3 aromatic carbocycles. The van der Waals surface area contributed by atoms with Crippen LogP contribution in [0.15, 0.2) is 77.8 Å². The van der Waals surface area contributed by atoms with Gasteiger partial charge in [0.1, 0.15) is 6.61 Å². The van der Waals surface area contributed by atoms with Crippen LogP contribution in [-0.4, -0.2) is 12.8 Å². The van der Waals surface area contributed by atoms with Crippen molar-refractivity contribution >= 4 is 17.5 Å². The lowest BCUT2D eigenvalue weighted by molar-refractivity contribution is 0.283. The Labute approximate surface area is 170 Å². The first-order valence-electron chi connectivity index (χ1n) is 9.40. The zero-order valence-electron chi connectivity index (χ0n) is 16.1. The van der Waals surface area contributed by atoms with Gasteiger partial charge in [0, 0.05) is 23.3 Å². The van der Waals surface area contributed by atoms with Crippen LogP contribution in [0.2, 0.25) is 0 Å². The topological polar surface area (TPSA) is 54.6 Å². The monoisotopic (exact) mass is 380 g/mol. The maximum Gasteiger partial charge on any atom is 0.168 e. The van der Waals surface area contributed by atoms with Crippen LogP contribution in [0.1, 0.15) is 22.3 Å². The molecule has 4 rings (SSSR count). The summed E-state index contributed by atoms with van der Waals surface area (Å²) in [6.45, 7) is 0.289. The average Bonchev–Trinajstić information content (AvgIpc) is 3.19. The third kappa shape index (κ3) is 4.04. The van der Waals surface area contributed by atoms with Crippen molar-refractivity contribution in [3.8, 4) is 17.6 Å². The summed E-state index contributed by atoms with van der Waals surface area (Å²) in [5.74, 6) is 1.30. The third-order valence-electron chi connectivity index (χ3n) is 4.82. The summed E-state index contributed by atoms with van der Waals surface area (Å²) in [4.78, 5) is 4.68. The lowest BCUT2D eigenvalue weighted by atomic mass is 10.1. The number of hydrogen-bond acceptors (Lipinski definition) is 4. The lowest BCUT2D eigenvalue weighted by Crippen LogP contribution is -2.01. The summed E-state index contributed by atoms with van der Waals surface area (Å²) in [6.07, 6.45) is 4.84. The highest BCUT2D eigenvalue weighted by atomic mass is 16.5. The Kier molecular flexibility index (Phi) is 5.40. The quantitative estimate of drug-likeness (QED) is 0.568. The molecule has 0 radical (unpaired) electrons. The molecule has 3 aromatic rings. The van der Waals surface area contributed by atoms with Crippen LogP contribution in [0.25, 0.3) is 6.08 Å². The van der Waals surface area contributed by atoms with Crippen molar-refractivity contribution in [1.29, 1.82) is 5.26 Å². The van der Waals surface area contributed by atoms with E-state index in [-0.39, 0.29) is 6.61 Å². The molecule has 0 N–H and O–H groups in total. The predicted octanol–water partition coefficient (Wildman–Crippen LogP) is 5.49. The summed E-state index contributed by atoms with van der Waals surface area (Å²) in [6, 6.07) is 23.6. The molecule has 0 bridgehead atoms. The van der Waals surface area contributed by atoms with Crippen molar-refractivity contribution in [2.45, 2.75) is 13.0 Å². The summed E-state index contributed by atoms with van der Waals surface area (Å²) >= 11 is 0. The molecule has 4 heteroatoms. The Morgan fingerprint density at radius 1 is 1.00 bits per heavy atom. The van der Waals surface area contributed by atoms with Gasteiger partial charge in [-0.3, -0.25) is 4.99 Å². The fourth-order valence-corrected chi connectivity index (χ4v) is 3.33. The van der Waals surface area contributed by atoms with Gasteiger partial charge in [0.2, 0.25) is 0 Å². The molecule has 0 aromatic heterocycles. The molecule has 0 unspecified atom stereocenters. The molecule has 1 heterocycles. The molecular formula is C25H20N2O2. The molecule has 0 atom stereocenters. The summed E-state index contributed by atoms with van der Waals surface area (Å²) < 4.78 is 11.6. The van der Waals surface area contributed by atoms with Gasteiger partial charge >= 0.3 is 0 Å². The second-order valence-corrected chi connectivity index (χ2v) is 6.68. The largest absolute Gasteiger partial charge is 0.493 e. The normalized spacial score (nSPS) is 12.3. The van der Waals surface area contributed by atoms with Gasteiger partial charge in [0.25, 0.3) is 0 Å². The number of ether oxygens (including phenoxy) is 2. The predicted molar refractivity (Wildman–Crippen MR) is 115 cm³/mol. The Bertz CT molecular complexity index is 1140. The molecule has 0 saturated carbocycles. The second-order valence-electron chi connectivity index (χ2n) is 6.68. The minimum atomic E-state index is 0.289. The molecule has 4 nitrogen and oxygen atoms in total. The molecule has 0 saturated heterocycles. The molecule has 0 aliphatic carbocycles. The standard InChI is InChI=1S/C25H20N2O2/c1-28-24-12-6-10-18(13-14-22-15-19-7-4-5-11-23(19)27-22)25(24)29-17-21-9-3-2-8-20(21)16-26/h2-14H,15,17H2,1H3/b14-13+. The number of methoxy groups -OCH3 is 1. The number of hydrogen-bond donors (Lipinski definition) is 0. The number of allylic oxidation sites excluding steroid dienone is 1. The smallest absolute Gasteiger partial charge is 0.168 e. The van der Waals surface area contributed by atoms with Crippen molar-refractivity contribution in [3.63, 3.8) is 0 Å². The number of rotatable bonds is 6. The molecule has 0 spiro atoms. The number of nitrogens with zero attached hydrogens (tertiary/aromatic N) is 2.